The molecule has 0 bridgehead atoms. The van der Waals surface area contributed by atoms with Crippen LogP contribution in [0.4, 0.5) is 0 Å². The molecule has 0 saturated carbocycles. The second-order valence-corrected chi connectivity index (χ2v) is 14.7. The molecular weight excluding hydrogens is 657 g/mol. The minimum atomic E-state index is -0.777. The Morgan fingerprint density at radius 1 is 0.453 bits per heavy atom. The van der Waals surface area contributed by atoms with Gasteiger partial charge in [-0.2, -0.15) is 0 Å². The Morgan fingerprint density at radius 3 is 1.25 bits per heavy atom. The number of hydrogen-bond donors (Lipinski definition) is 1. The van der Waals surface area contributed by atoms with Gasteiger partial charge in [-0.3, -0.25) is 9.59 Å². The van der Waals surface area contributed by atoms with Crippen LogP contribution in [0.15, 0.2) is 60.8 Å². The number of carbonyl (C=O) groups excluding carboxylic acids is 2. The van der Waals surface area contributed by atoms with Crippen LogP contribution < -0.4 is 0 Å². The summed E-state index contributed by atoms with van der Waals surface area (Å²) in [4.78, 5) is 24.3. The normalized spacial score (nSPS) is 12.7. The SMILES string of the molecule is CC/C=C\C/C=C\C/C=C\C/C=C\CCCCCCCCCCCCCCC(=O)OC(CO)COC(=O)CCCCCCC/C=C\CCCCCCC. The Kier molecular flexibility index (Phi) is 42.0. The van der Waals surface area contributed by atoms with Crippen LogP contribution in [0.1, 0.15) is 213 Å². The van der Waals surface area contributed by atoms with E-state index < -0.39 is 6.10 Å². The van der Waals surface area contributed by atoms with Crippen molar-refractivity contribution in [2.75, 3.05) is 13.2 Å². The van der Waals surface area contributed by atoms with Crippen molar-refractivity contribution in [3.8, 4) is 0 Å². The average Bonchev–Trinajstić information content (AvgIpc) is 3.16. The van der Waals surface area contributed by atoms with Crippen molar-refractivity contribution >= 4 is 11.9 Å². The molecule has 0 amide bonds. The first-order valence-electron chi connectivity index (χ1n) is 22.3. The fraction of sp³-hybridized carbons (Fsp3) is 0.750. The Labute approximate surface area is 328 Å². The third-order valence-electron chi connectivity index (χ3n) is 9.55. The Morgan fingerprint density at radius 2 is 0.811 bits per heavy atom. The van der Waals surface area contributed by atoms with E-state index in [1.807, 2.05) is 0 Å². The maximum atomic E-state index is 12.2. The predicted octanol–water partition coefficient (Wildman–Crippen LogP) is 14.3. The molecule has 0 aromatic carbocycles. The van der Waals surface area contributed by atoms with Gasteiger partial charge in [-0.05, 0) is 77.0 Å². The summed E-state index contributed by atoms with van der Waals surface area (Å²) in [6.45, 7) is 4.01. The Bertz CT molecular complexity index is 930. The van der Waals surface area contributed by atoms with Crippen LogP contribution in [-0.2, 0) is 19.1 Å². The lowest BCUT2D eigenvalue weighted by molar-refractivity contribution is -0.161. The lowest BCUT2D eigenvalue weighted by Gasteiger charge is -2.15. The van der Waals surface area contributed by atoms with E-state index in [9.17, 15) is 14.7 Å². The van der Waals surface area contributed by atoms with Gasteiger partial charge in [0.05, 0.1) is 6.61 Å². The van der Waals surface area contributed by atoms with E-state index >= 15 is 0 Å². The first kappa shape index (κ1) is 50.6. The molecule has 0 fully saturated rings. The second-order valence-electron chi connectivity index (χ2n) is 14.7. The van der Waals surface area contributed by atoms with Gasteiger partial charge in [0, 0.05) is 12.8 Å². The molecular formula is C48H84O5. The van der Waals surface area contributed by atoms with Gasteiger partial charge in [0.15, 0.2) is 6.10 Å². The minimum absolute atomic E-state index is 0.0714. The zero-order valence-corrected chi connectivity index (χ0v) is 34.8. The number of allylic oxidation sites excluding steroid dienone is 10. The number of ether oxygens (including phenoxy) is 2. The summed E-state index contributed by atoms with van der Waals surface area (Å²) in [5, 5.41) is 9.58. The van der Waals surface area contributed by atoms with Gasteiger partial charge in [-0.25, -0.2) is 0 Å². The largest absolute Gasteiger partial charge is 0.462 e. The van der Waals surface area contributed by atoms with Crippen molar-refractivity contribution in [1.82, 2.24) is 0 Å². The van der Waals surface area contributed by atoms with E-state index in [0.717, 1.165) is 70.6 Å². The van der Waals surface area contributed by atoms with Crippen molar-refractivity contribution < 1.29 is 24.2 Å². The van der Waals surface area contributed by atoms with E-state index in [-0.39, 0.29) is 25.2 Å². The first-order valence-corrected chi connectivity index (χ1v) is 22.3. The second kappa shape index (κ2) is 44.0. The number of aliphatic hydroxyl groups is 1. The van der Waals surface area contributed by atoms with E-state index in [2.05, 4.69) is 74.6 Å². The standard InChI is InChI=1S/C48H84O5/c1-3-5-7-9-11-13-15-17-19-20-21-22-23-24-25-26-27-28-29-31-33-35-37-39-41-43-48(51)53-46(44-49)45-52-47(50)42-40-38-36-34-32-30-18-16-14-12-10-8-6-4-2/h5,7,11,13,16-19,21-22,46,49H,3-4,6,8-10,12,14-15,20,23-45H2,1-2H3/b7-5-,13-11-,18-16-,19-17-,22-21-. The summed E-state index contributed by atoms with van der Waals surface area (Å²) < 4.78 is 10.6. The highest BCUT2D eigenvalue weighted by Crippen LogP contribution is 2.14. The molecule has 0 aliphatic heterocycles. The van der Waals surface area contributed by atoms with Crippen molar-refractivity contribution in [2.45, 2.75) is 219 Å². The third kappa shape index (κ3) is 42.2. The number of carbonyl (C=O) groups is 2. The molecule has 0 saturated heterocycles. The fourth-order valence-corrected chi connectivity index (χ4v) is 6.19. The highest BCUT2D eigenvalue weighted by molar-refractivity contribution is 5.70. The molecule has 0 heterocycles. The smallest absolute Gasteiger partial charge is 0.306 e. The average molecular weight is 741 g/mol. The van der Waals surface area contributed by atoms with Gasteiger partial charge in [-0.15, -0.1) is 0 Å². The van der Waals surface area contributed by atoms with Crippen molar-refractivity contribution in [1.29, 1.82) is 0 Å². The van der Waals surface area contributed by atoms with Gasteiger partial charge in [0.1, 0.15) is 6.61 Å². The van der Waals surface area contributed by atoms with Gasteiger partial charge >= 0.3 is 11.9 Å². The third-order valence-corrected chi connectivity index (χ3v) is 9.55. The van der Waals surface area contributed by atoms with Crippen molar-refractivity contribution in [2.24, 2.45) is 0 Å². The maximum Gasteiger partial charge on any atom is 0.306 e. The summed E-state index contributed by atoms with van der Waals surface area (Å²) in [5.41, 5.74) is 0. The van der Waals surface area contributed by atoms with Crippen LogP contribution in [0.2, 0.25) is 0 Å². The number of unbranched alkanes of at least 4 members (excludes halogenated alkanes) is 22. The summed E-state index contributed by atoms with van der Waals surface area (Å²) in [5.74, 6) is -0.602. The molecule has 0 aromatic heterocycles. The highest BCUT2D eigenvalue weighted by Gasteiger charge is 2.16. The van der Waals surface area contributed by atoms with Gasteiger partial charge < -0.3 is 14.6 Å². The topological polar surface area (TPSA) is 72.8 Å². The van der Waals surface area contributed by atoms with E-state index in [1.54, 1.807) is 0 Å². The Balaban J connectivity index is 3.53. The van der Waals surface area contributed by atoms with Gasteiger partial charge in [-0.1, -0.05) is 184 Å². The molecule has 306 valence electrons. The minimum Gasteiger partial charge on any atom is -0.462 e. The van der Waals surface area contributed by atoms with Crippen molar-refractivity contribution in [3.63, 3.8) is 0 Å². The van der Waals surface area contributed by atoms with E-state index in [1.165, 1.54) is 116 Å². The van der Waals surface area contributed by atoms with Gasteiger partial charge in [0.25, 0.3) is 0 Å². The first-order chi connectivity index (χ1) is 26.1. The monoisotopic (exact) mass is 741 g/mol. The predicted molar refractivity (Wildman–Crippen MR) is 228 cm³/mol. The lowest BCUT2D eigenvalue weighted by Crippen LogP contribution is -2.28. The quantitative estimate of drug-likeness (QED) is 0.0385. The number of hydrogen-bond acceptors (Lipinski definition) is 5. The number of aliphatic hydroxyl groups excluding tert-OH is 1. The summed E-state index contributed by atoms with van der Waals surface area (Å²) in [7, 11) is 0. The molecule has 0 aliphatic carbocycles. The molecule has 1 N–H and O–H groups in total. The highest BCUT2D eigenvalue weighted by atomic mass is 16.6. The van der Waals surface area contributed by atoms with Crippen LogP contribution in [0.25, 0.3) is 0 Å². The maximum absolute atomic E-state index is 12.2. The molecule has 0 aromatic rings. The summed E-state index contributed by atoms with van der Waals surface area (Å²) in [6.07, 6.45) is 57.2. The lowest BCUT2D eigenvalue weighted by atomic mass is 10.0. The molecule has 1 unspecified atom stereocenters. The van der Waals surface area contributed by atoms with Crippen molar-refractivity contribution in [3.05, 3.63) is 60.8 Å². The van der Waals surface area contributed by atoms with Crippen LogP contribution in [-0.4, -0.2) is 36.4 Å². The van der Waals surface area contributed by atoms with Crippen LogP contribution >= 0.6 is 0 Å². The van der Waals surface area contributed by atoms with E-state index in [0.29, 0.717) is 12.8 Å². The summed E-state index contributed by atoms with van der Waals surface area (Å²) >= 11 is 0. The van der Waals surface area contributed by atoms with Gasteiger partial charge in [0.2, 0.25) is 0 Å². The van der Waals surface area contributed by atoms with Crippen LogP contribution in [0.5, 0.6) is 0 Å². The summed E-state index contributed by atoms with van der Waals surface area (Å²) in [6, 6.07) is 0. The molecule has 53 heavy (non-hydrogen) atoms. The Hall–Kier alpha value is -2.40. The molecule has 5 nitrogen and oxygen atoms in total. The zero-order valence-electron chi connectivity index (χ0n) is 34.8. The van der Waals surface area contributed by atoms with Crippen LogP contribution in [0, 0.1) is 0 Å². The number of rotatable bonds is 40. The van der Waals surface area contributed by atoms with Crippen LogP contribution in [0.3, 0.4) is 0 Å². The number of esters is 2. The zero-order chi connectivity index (χ0) is 38.6. The molecule has 5 heteroatoms. The molecule has 0 aliphatic rings. The molecule has 0 radical (unpaired) electrons. The molecule has 0 rings (SSSR count). The van der Waals surface area contributed by atoms with E-state index in [4.69, 9.17) is 9.47 Å². The fourth-order valence-electron chi connectivity index (χ4n) is 6.19. The molecule has 0 spiro atoms. The molecule has 1 atom stereocenters.